The van der Waals surface area contributed by atoms with Crippen molar-refractivity contribution < 1.29 is 9.59 Å². The molecule has 0 bridgehead atoms. The molecule has 1 amide bonds. The lowest BCUT2D eigenvalue weighted by Crippen LogP contribution is -2.23. The van der Waals surface area contributed by atoms with Gasteiger partial charge in [-0.15, -0.1) is 21.5 Å². The summed E-state index contributed by atoms with van der Waals surface area (Å²) in [5, 5.41) is 11.6. The second kappa shape index (κ2) is 9.72. The molecule has 0 N–H and O–H groups in total. The van der Waals surface area contributed by atoms with Crippen LogP contribution < -0.4 is 4.90 Å². The summed E-state index contributed by atoms with van der Waals surface area (Å²) in [7, 11) is 0. The number of amides is 1. The van der Waals surface area contributed by atoms with Gasteiger partial charge in [-0.1, -0.05) is 36.0 Å². The van der Waals surface area contributed by atoms with Crippen molar-refractivity contribution in [3.05, 3.63) is 88.4 Å². The highest BCUT2D eigenvalue weighted by atomic mass is 32.2. The number of thiophene rings is 1. The van der Waals surface area contributed by atoms with Gasteiger partial charge in [-0.25, -0.2) is 0 Å². The molecule has 2 aromatic heterocycles. The van der Waals surface area contributed by atoms with Crippen LogP contribution in [-0.2, 0) is 11.2 Å². The van der Waals surface area contributed by atoms with Gasteiger partial charge in [-0.05, 0) is 54.3 Å². The Morgan fingerprint density at radius 1 is 0.970 bits per heavy atom. The SMILES string of the molecule is O=C(CSc1nnc(Cc2cccs2)n1-c1ccccc1)c1ccc(N2CCCC2=O)cc1. The molecule has 0 radical (unpaired) electrons. The highest BCUT2D eigenvalue weighted by molar-refractivity contribution is 7.99. The standard InChI is InChI=1S/C25H22N4O2S2/c30-22(18-10-12-19(13-11-18)28-14-4-9-24(28)31)17-33-25-27-26-23(16-21-8-5-15-32-21)29(25)20-6-2-1-3-7-20/h1-3,5-8,10-13,15H,4,9,14,16-17H2. The van der Waals surface area contributed by atoms with Crippen molar-refractivity contribution in [1.29, 1.82) is 0 Å². The number of anilines is 1. The van der Waals surface area contributed by atoms with Crippen LogP contribution in [0.3, 0.4) is 0 Å². The summed E-state index contributed by atoms with van der Waals surface area (Å²) in [5.41, 5.74) is 2.45. The van der Waals surface area contributed by atoms with E-state index in [4.69, 9.17) is 0 Å². The summed E-state index contributed by atoms with van der Waals surface area (Å²) in [4.78, 5) is 27.8. The molecule has 0 spiro atoms. The Labute approximate surface area is 200 Å². The van der Waals surface area contributed by atoms with Crippen molar-refractivity contribution in [3.8, 4) is 5.69 Å². The molecule has 1 aliphatic heterocycles. The lowest BCUT2D eigenvalue weighted by Gasteiger charge is -2.15. The van der Waals surface area contributed by atoms with E-state index in [1.807, 2.05) is 53.1 Å². The minimum atomic E-state index is 0.0155. The third kappa shape index (κ3) is 4.77. The number of rotatable bonds is 8. The van der Waals surface area contributed by atoms with Crippen LogP contribution >= 0.6 is 23.1 Å². The number of thioether (sulfide) groups is 1. The normalized spacial score (nSPS) is 13.6. The van der Waals surface area contributed by atoms with Crippen molar-refractivity contribution >= 4 is 40.5 Å². The van der Waals surface area contributed by atoms with Crippen LogP contribution in [0.5, 0.6) is 0 Å². The van der Waals surface area contributed by atoms with Crippen molar-refractivity contribution in [2.45, 2.75) is 24.4 Å². The van der Waals surface area contributed by atoms with Crippen molar-refractivity contribution in [1.82, 2.24) is 14.8 Å². The van der Waals surface area contributed by atoms with Crippen LogP contribution in [0.1, 0.15) is 33.9 Å². The van der Waals surface area contributed by atoms with Crippen LogP contribution in [-0.4, -0.2) is 38.8 Å². The van der Waals surface area contributed by atoms with Crippen LogP contribution in [0.25, 0.3) is 5.69 Å². The maximum absolute atomic E-state index is 12.9. The number of hydrogen-bond donors (Lipinski definition) is 0. The first-order valence-corrected chi connectivity index (χ1v) is 12.6. The highest BCUT2D eigenvalue weighted by Gasteiger charge is 2.22. The lowest BCUT2D eigenvalue weighted by molar-refractivity contribution is -0.117. The third-order valence-corrected chi connectivity index (χ3v) is 7.34. The third-order valence-electron chi connectivity index (χ3n) is 5.53. The van der Waals surface area contributed by atoms with E-state index >= 15 is 0 Å². The summed E-state index contributed by atoms with van der Waals surface area (Å²) in [6, 6.07) is 21.4. The predicted octanol–water partition coefficient (Wildman–Crippen LogP) is 5.02. The minimum absolute atomic E-state index is 0.0155. The Bertz CT molecular complexity index is 1250. The topological polar surface area (TPSA) is 68.1 Å². The van der Waals surface area contributed by atoms with Gasteiger partial charge in [0, 0.05) is 41.2 Å². The van der Waals surface area contributed by atoms with Crippen molar-refractivity contribution in [2.75, 3.05) is 17.2 Å². The van der Waals surface area contributed by atoms with Gasteiger partial charge in [-0.3, -0.25) is 14.2 Å². The molecule has 1 fully saturated rings. The fourth-order valence-electron chi connectivity index (χ4n) is 3.88. The quantitative estimate of drug-likeness (QED) is 0.265. The molecular weight excluding hydrogens is 452 g/mol. The number of para-hydroxylation sites is 1. The Morgan fingerprint density at radius 2 is 1.79 bits per heavy atom. The zero-order valence-corrected chi connectivity index (χ0v) is 19.5. The van der Waals surface area contributed by atoms with E-state index in [2.05, 4.69) is 21.6 Å². The maximum atomic E-state index is 12.9. The molecule has 4 aromatic rings. The summed E-state index contributed by atoms with van der Waals surface area (Å²) in [5.74, 6) is 1.26. The molecule has 1 aliphatic rings. The first-order chi connectivity index (χ1) is 16.2. The first-order valence-electron chi connectivity index (χ1n) is 10.8. The molecule has 2 aromatic carbocycles. The number of Topliss-reactive ketones (excluding diaryl/α,β-unsaturated/α-hetero) is 1. The Kier molecular flexibility index (Phi) is 6.37. The molecule has 0 saturated carbocycles. The fourth-order valence-corrected chi connectivity index (χ4v) is 5.44. The predicted molar refractivity (Wildman–Crippen MR) is 132 cm³/mol. The monoisotopic (exact) mass is 474 g/mol. The summed E-state index contributed by atoms with van der Waals surface area (Å²) < 4.78 is 2.03. The van der Waals surface area contributed by atoms with Gasteiger partial charge in [0.25, 0.3) is 0 Å². The van der Waals surface area contributed by atoms with Gasteiger partial charge in [0.15, 0.2) is 10.9 Å². The first kappa shape index (κ1) is 21.6. The van der Waals surface area contributed by atoms with E-state index in [1.165, 1.54) is 16.6 Å². The number of hydrogen-bond acceptors (Lipinski definition) is 6. The van der Waals surface area contributed by atoms with Crippen LogP contribution in [0.15, 0.2) is 77.3 Å². The van der Waals surface area contributed by atoms with Gasteiger partial charge < -0.3 is 4.90 Å². The fraction of sp³-hybridized carbons (Fsp3) is 0.200. The molecular formula is C25H22N4O2S2. The number of carbonyl (C=O) groups excluding carboxylic acids is 2. The molecule has 0 aliphatic carbocycles. The Hall–Kier alpha value is -3.23. The number of ketones is 1. The maximum Gasteiger partial charge on any atom is 0.227 e. The van der Waals surface area contributed by atoms with Crippen molar-refractivity contribution in [3.63, 3.8) is 0 Å². The van der Waals surface area contributed by atoms with E-state index in [1.54, 1.807) is 28.4 Å². The molecule has 3 heterocycles. The highest BCUT2D eigenvalue weighted by Crippen LogP contribution is 2.26. The second-order valence-corrected chi connectivity index (χ2v) is 9.71. The van der Waals surface area contributed by atoms with Gasteiger partial charge in [0.2, 0.25) is 5.91 Å². The number of carbonyl (C=O) groups is 2. The Balaban J connectivity index is 1.32. The molecule has 6 nitrogen and oxygen atoms in total. The van der Waals surface area contributed by atoms with E-state index in [-0.39, 0.29) is 17.4 Å². The number of benzene rings is 2. The average molecular weight is 475 g/mol. The van der Waals surface area contributed by atoms with E-state index in [0.29, 0.717) is 23.6 Å². The average Bonchev–Trinajstić information content (AvgIpc) is 3.60. The second-order valence-electron chi connectivity index (χ2n) is 7.73. The van der Waals surface area contributed by atoms with Gasteiger partial charge in [0.1, 0.15) is 5.82 Å². The van der Waals surface area contributed by atoms with E-state index < -0.39 is 0 Å². The van der Waals surface area contributed by atoms with Gasteiger partial charge in [-0.2, -0.15) is 0 Å². The molecule has 166 valence electrons. The molecule has 33 heavy (non-hydrogen) atoms. The Morgan fingerprint density at radius 3 is 2.48 bits per heavy atom. The van der Waals surface area contributed by atoms with Crippen LogP contribution in [0.4, 0.5) is 5.69 Å². The summed E-state index contributed by atoms with van der Waals surface area (Å²) >= 11 is 3.08. The van der Waals surface area contributed by atoms with Crippen molar-refractivity contribution in [2.24, 2.45) is 0 Å². The summed E-state index contributed by atoms with van der Waals surface area (Å²) in [6.45, 7) is 0.741. The smallest absolute Gasteiger partial charge is 0.227 e. The molecule has 1 saturated heterocycles. The number of aromatic nitrogens is 3. The molecule has 5 rings (SSSR count). The van der Waals surface area contributed by atoms with Gasteiger partial charge >= 0.3 is 0 Å². The van der Waals surface area contributed by atoms with Crippen LogP contribution in [0, 0.1) is 0 Å². The molecule has 0 unspecified atom stereocenters. The zero-order chi connectivity index (χ0) is 22.6. The van der Waals surface area contributed by atoms with E-state index in [9.17, 15) is 9.59 Å². The molecule has 8 heteroatoms. The molecule has 0 atom stereocenters. The summed E-state index contributed by atoms with van der Waals surface area (Å²) in [6.07, 6.45) is 2.16. The van der Waals surface area contributed by atoms with E-state index in [0.717, 1.165) is 30.2 Å². The van der Waals surface area contributed by atoms with Gasteiger partial charge in [0.05, 0.1) is 5.75 Å². The van der Waals surface area contributed by atoms with Crippen LogP contribution in [0.2, 0.25) is 0 Å². The minimum Gasteiger partial charge on any atom is -0.312 e. The largest absolute Gasteiger partial charge is 0.312 e. The lowest BCUT2D eigenvalue weighted by atomic mass is 10.1. The zero-order valence-electron chi connectivity index (χ0n) is 17.9. The number of nitrogens with zero attached hydrogens (tertiary/aromatic N) is 4.